The molecule has 1 aromatic carbocycles. The highest BCUT2D eigenvalue weighted by atomic mass is 79.9. The topological polar surface area (TPSA) is 55.4 Å². The molecule has 1 aromatic rings. The van der Waals surface area contributed by atoms with Crippen LogP contribution < -0.4 is 5.32 Å². The summed E-state index contributed by atoms with van der Waals surface area (Å²) in [5, 5.41) is 2.82. The molecule has 1 fully saturated rings. The smallest absolute Gasteiger partial charge is 0.321 e. The third-order valence-corrected chi connectivity index (χ3v) is 4.17. The minimum Gasteiger partial charge on any atom is -0.468 e. The van der Waals surface area contributed by atoms with Crippen molar-refractivity contribution >= 4 is 27.8 Å². The van der Waals surface area contributed by atoms with Crippen LogP contribution in [-0.4, -0.2) is 25.5 Å². The van der Waals surface area contributed by atoms with Crippen molar-refractivity contribution < 1.29 is 14.3 Å². The fraction of sp³-hybridized carbons (Fsp3) is 0.429. The van der Waals surface area contributed by atoms with Crippen molar-refractivity contribution in [1.82, 2.24) is 5.32 Å². The number of benzene rings is 1. The molecule has 1 aliphatic carbocycles. The number of halogens is 1. The Hall–Kier alpha value is -1.36. The van der Waals surface area contributed by atoms with Crippen LogP contribution >= 0.6 is 15.9 Å². The minimum absolute atomic E-state index is 0.216. The highest BCUT2D eigenvalue weighted by molar-refractivity contribution is 9.10. The van der Waals surface area contributed by atoms with Gasteiger partial charge >= 0.3 is 5.97 Å². The van der Waals surface area contributed by atoms with Gasteiger partial charge in [0.25, 0.3) is 0 Å². The molecule has 1 N–H and O–H groups in total. The zero-order chi connectivity index (χ0) is 13.9. The molecule has 0 bridgehead atoms. The Balaban J connectivity index is 1.85. The molecular formula is C14H16BrNO3. The van der Waals surface area contributed by atoms with E-state index in [1.54, 1.807) is 0 Å². The number of nitrogens with one attached hydrogen (secondary N) is 1. The summed E-state index contributed by atoms with van der Waals surface area (Å²) in [4.78, 5) is 23.5. The first-order chi connectivity index (χ1) is 9.10. The summed E-state index contributed by atoms with van der Waals surface area (Å²) in [6.45, 7) is 0.514. The summed E-state index contributed by atoms with van der Waals surface area (Å²) < 4.78 is 5.70. The maximum atomic E-state index is 12.0. The molecule has 0 heterocycles. The molecule has 0 atom stereocenters. The third kappa shape index (κ3) is 2.97. The third-order valence-electron chi connectivity index (χ3n) is 3.40. The second kappa shape index (κ2) is 5.74. The Labute approximate surface area is 120 Å². The second-order valence-corrected chi connectivity index (χ2v) is 5.53. The number of ether oxygens (including phenoxy) is 1. The zero-order valence-corrected chi connectivity index (χ0v) is 12.3. The highest BCUT2D eigenvalue weighted by Gasteiger charge is 2.57. The summed E-state index contributed by atoms with van der Waals surface area (Å²) in [5.74, 6) is -0.641. The molecule has 5 heteroatoms. The van der Waals surface area contributed by atoms with Crippen molar-refractivity contribution in [1.29, 1.82) is 0 Å². The van der Waals surface area contributed by atoms with Crippen LogP contribution in [0.4, 0.5) is 0 Å². The highest BCUT2D eigenvalue weighted by Crippen LogP contribution is 2.46. The van der Waals surface area contributed by atoms with E-state index in [-0.39, 0.29) is 5.91 Å². The molecule has 0 spiro atoms. The second-order valence-electron chi connectivity index (χ2n) is 4.67. The van der Waals surface area contributed by atoms with E-state index in [0.29, 0.717) is 19.4 Å². The zero-order valence-electron chi connectivity index (χ0n) is 10.7. The van der Waals surface area contributed by atoms with Crippen LogP contribution in [0.25, 0.3) is 0 Å². The largest absolute Gasteiger partial charge is 0.468 e. The predicted octanol–water partition coefficient (Wildman–Crippen LogP) is 2.06. The molecule has 1 saturated carbocycles. The van der Waals surface area contributed by atoms with Crippen molar-refractivity contribution in [3.63, 3.8) is 0 Å². The summed E-state index contributed by atoms with van der Waals surface area (Å²) in [5.41, 5.74) is 0.216. The van der Waals surface area contributed by atoms with Crippen LogP contribution in [-0.2, 0) is 20.7 Å². The Morgan fingerprint density at radius 1 is 1.37 bits per heavy atom. The van der Waals surface area contributed by atoms with Gasteiger partial charge in [-0.25, -0.2) is 0 Å². The van der Waals surface area contributed by atoms with Crippen LogP contribution in [0.5, 0.6) is 0 Å². The van der Waals surface area contributed by atoms with Crippen molar-refractivity contribution in [2.45, 2.75) is 19.3 Å². The summed E-state index contributed by atoms with van der Waals surface area (Å²) in [6.07, 6.45) is 1.89. The molecule has 0 saturated heterocycles. The van der Waals surface area contributed by atoms with Gasteiger partial charge in [-0.2, -0.15) is 0 Å². The Bertz CT molecular complexity index is 497. The van der Waals surface area contributed by atoms with Gasteiger partial charge in [0.05, 0.1) is 7.11 Å². The maximum absolute atomic E-state index is 12.0. The standard InChI is InChI=1S/C14H16BrNO3/c1-19-13(18)14(7-8-14)12(17)16-9-6-10-4-2-3-5-11(10)15/h2-5H,6-9H2,1H3,(H,16,17). The Morgan fingerprint density at radius 2 is 2.05 bits per heavy atom. The maximum Gasteiger partial charge on any atom is 0.321 e. The molecule has 102 valence electrons. The van der Waals surface area contributed by atoms with Gasteiger partial charge in [0.2, 0.25) is 5.91 Å². The van der Waals surface area contributed by atoms with Crippen molar-refractivity contribution in [2.24, 2.45) is 5.41 Å². The number of methoxy groups -OCH3 is 1. The molecule has 19 heavy (non-hydrogen) atoms. The molecular weight excluding hydrogens is 310 g/mol. The van der Waals surface area contributed by atoms with E-state index in [2.05, 4.69) is 26.0 Å². The van der Waals surface area contributed by atoms with E-state index in [4.69, 9.17) is 0 Å². The molecule has 0 aromatic heterocycles. The van der Waals surface area contributed by atoms with Crippen LogP contribution in [0.15, 0.2) is 28.7 Å². The number of carbonyl (C=O) groups is 2. The van der Waals surface area contributed by atoms with E-state index < -0.39 is 11.4 Å². The van der Waals surface area contributed by atoms with Gasteiger partial charge in [0.15, 0.2) is 0 Å². The SMILES string of the molecule is COC(=O)C1(C(=O)NCCc2ccccc2Br)CC1. The van der Waals surface area contributed by atoms with Crippen molar-refractivity contribution in [2.75, 3.05) is 13.7 Å². The van der Waals surface area contributed by atoms with E-state index in [9.17, 15) is 9.59 Å². The number of esters is 1. The number of hydrogen-bond acceptors (Lipinski definition) is 3. The van der Waals surface area contributed by atoms with Gasteiger partial charge in [-0.15, -0.1) is 0 Å². The fourth-order valence-electron chi connectivity index (χ4n) is 2.03. The molecule has 0 unspecified atom stereocenters. The van der Waals surface area contributed by atoms with E-state index in [1.807, 2.05) is 24.3 Å². The quantitative estimate of drug-likeness (QED) is 0.666. The van der Waals surface area contributed by atoms with E-state index >= 15 is 0 Å². The Morgan fingerprint density at radius 3 is 2.63 bits per heavy atom. The van der Waals surface area contributed by atoms with Crippen LogP contribution in [0, 0.1) is 5.41 Å². The van der Waals surface area contributed by atoms with Crippen LogP contribution in [0.1, 0.15) is 18.4 Å². The van der Waals surface area contributed by atoms with Gasteiger partial charge in [0.1, 0.15) is 5.41 Å². The lowest BCUT2D eigenvalue weighted by Gasteiger charge is -2.13. The van der Waals surface area contributed by atoms with Crippen molar-refractivity contribution in [3.8, 4) is 0 Å². The summed E-state index contributed by atoms with van der Waals surface area (Å²) in [6, 6.07) is 7.87. The number of rotatable bonds is 5. The van der Waals surface area contributed by atoms with Gasteiger partial charge in [-0.1, -0.05) is 34.1 Å². The lowest BCUT2D eigenvalue weighted by molar-refractivity contribution is -0.152. The first kappa shape index (κ1) is 14.1. The first-order valence-corrected chi connectivity index (χ1v) is 6.99. The summed E-state index contributed by atoms with van der Waals surface area (Å²) in [7, 11) is 1.32. The lowest BCUT2D eigenvalue weighted by Crippen LogP contribution is -2.38. The average Bonchev–Trinajstić information content (AvgIpc) is 3.21. The number of carbonyl (C=O) groups excluding carboxylic acids is 2. The lowest BCUT2D eigenvalue weighted by atomic mass is 10.1. The summed E-state index contributed by atoms with van der Waals surface area (Å²) >= 11 is 3.46. The number of amides is 1. The first-order valence-electron chi connectivity index (χ1n) is 6.20. The average molecular weight is 326 g/mol. The van der Waals surface area contributed by atoms with Gasteiger partial charge in [-0.05, 0) is 30.9 Å². The van der Waals surface area contributed by atoms with Crippen LogP contribution in [0.3, 0.4) is 0 Å². The number of hydrogen-bond donors (Lipinski definition) is 1. The van der Waals surface area contributed by atoms with E-state index in [0.717, 1.165) is 16.5 Å². The van der Waals surface area contributed by atoms with Gasteiger partial charge < -0.3 is 10.1 Å². The van der Waals surface area contributed by atoms with Gasteiger partial charge in [0, 0.05) is 11.0 Å². The molecule has 2 rings (SSSR count). The fourth-order valence-corrected chi connectivity index (χ4v) is 2.51. The van der Waals surface area contributed by atoms with Crippen LogP contribution in [0.2, 0.25) is 0 Å². The molecule has 0 radical (unpaired) electrons. The van der Waals surface area contributed by atoms with E-state index in [1.165, 1.54) is 7.11 Å². The predicted molar refractivity (Wildman–Crippen MR) is 74.5 cm³/mol. The molecule has 1 amide bonds. The minimum atomic E-state index is -0.914. The molecule has 4 nitrogen and oxygen atoms in total. The van der Waals surface area contributed by atoms with Crippen molar-refractivity contribution in [3.05, 3.63) is 34.3 Å². The Kier molecular flexibility index (Phi) is 4.24. The molecule has 1 aliphatic rings. The normalized spacial score (nSPS) is 15.7. The molecule has 0 aliphatic heterocycles. The van der Waals surface area contributed by atoms with Gasteiger partial charge in [-0.3, -0.25) is 9.59 Å². The monoisotopic (exact) mass is 325 g/mol.